The Bertz CT molecular complexity index is 1360. The Morgan fingerprint density at radius 3 is 2.02 bits per heavy atom. The molecule has 0 aromatic carbocycles. The standard InChI is InChI=1S/C20H25N5O2.2C2HF3O2/c1-13-4-2-7-16(21-13)11-23-9-15-10-24-18(17(15)12-23)22-25(20(27)19(24)26)8-14-5-3-6-14;2*3-2(4,5)1(6)7/h2,4,7,14-15,17H,3,5-6,8-12H2,1H3;2*(H,6,7). The van der Waals surface area contributed by atoms with Gasteiger partial charge in [0.15, 0.2) is 0 Å². The number of halogens is 6. The maximum atomic E-state index is 12.6. The van der Waals surface area contributed by atoms with Crippen LogP contribution < -0.4 is 11.1 Å². The van der Waals surface area contributed by atoms with Crippen molar-refractivity contribution in [2.45, 2.75) is 64.1 Å². The monoisotopic (exact) mass is 595 g/mol. The van der Waals surface area contributed by atoms with Crippen LogP contribution in [0.3, 0.4) is 0 Å². The summed E-state index contributed by atoms with van der Waals surface area (Å²) in [7, 11) is 0. The third kappa shape index (κ3) is 8.14. The Labute approximate surface area is 228 Å². The van der Waals surface area contributed by atoms with E-state index >= 15 is 0 Å². The molecule has 0 radical (unpaired) electrons. The highest BCUT2D eigenvalue weighted by atomic mass is 19.4. The third-order valence-corrected chi connectivity index (χ3v) is 6.90. The lowest BCUT2D eigenvalue weighted by molar-refractivity contribution is -0.193. The van der Waals surface area contributed by atoms with Crippen LogP contribution in [-0.4, -0.2) is 71.8 Å². The molecule has 226 valence electrons. The third-order valence-electron chi connectivity index (χ3n) is 6.90. The van der Waals surface area contributed by atoms with Gasteiger partial charge in [0.25, 0.3) is 0 Å². The molecule has 3 aliphatic rings. The summed E-state index contributed by atoms with van der Waals surface area (Å²) in [6, 6.07) is 6.12. The maximum absolute atomic E-state index is 12.6. The van der Waals surface area contributed by atoms with Gasteiger partial charge < -0.3 is 10.2 Å². The summed E-state index contributed by atoms with van der Waals surface area (Å²) >= 11 is 0. The molecule has 1 aliphatic carbocycles. The van der Waals surface area contributed by atoms with E-state index < -0.39 is 29.9 Å². The maximum Gasteiger partial charge on any atom is 0.490 e. The number of aromatic nitrogens is 4. The van der Waals surface area contributed by atoms with Crippen molar-refractivity contribution in [3.63, 3.8) is 0 Å². The lowest BCUT2D eigenvalue weighted by atomic mass is 9.85. The summed E-state index contributed by atoms with van der Waals surface area (Å²) in [4.78, 5) is 49.8. The largest absolute Gasteiger partial charge is 0.490 e. The first-order valence-corrected chi connectivity index (χ1v) is 12.4. The van der Waals surface area contributed by atoms with Crippen molar-refractivity contribution in [2.24, 2.45) is 11.8 Å². The van der Waals surface area contributed by atoms with Gasteiger partial charge in [-0.1, -0.05) is 12.5 Å². The second-order valence-electron chi connectivity index (χ2n) is 9.99. The first-order valence-electron chi connectivity index (χ1n) is 12.4. The van der Waals surface area contributed by atoms with Gasteiger partial charge in [-0.3, -0.25) is 24.0 Å². The van der Waals surface area contributed by atoms with E-state index in [2.05, 4.69) is 21.0 Å². The summed E-state index contributed by atoms with van der Waals surface area (Å²) in [6.07, 6.45) is -6.68. The Morgan fingerprint density at radius 1 is 0.951 bits per heavy atom. The van der Waals surface area contributed by atoms with Crippen LogP contribution >= 0.6 is 0 Å². The van der Waals surface area contributed by atoms with Gasteiger partial charge in [0, 0.05) is 50.3 Å². The number of hydrogen-bond acceptors (Lipinski definition) is 7. The minimum absolute atomic E-state index is 0.232. The van der Waals surface area contributed by atoms with Crippen LogP contribution in [0, 0.1) is 18.8 Å². The molecule has 2 aromatic rings. The van der Waals surface area contributed by atoms with Gasteiger partial charge in [0.05, 0.1) is 5.69 Å². The smallest absolute Gasteiger partial charge is 0.475 e. The number of alkyl halides is 6. The summed E-state index contributed by atoms with van der Waals surface area (Å²) in [5, 5.41) is 18.9. The van der Waals surface area contributed by atoms with Crippen LogP contribution in [0.1, 0.15) is 42.4 Å². The summed E-state index contributed by atoms with van der Waals surface area (Å²) in [5.41, 5.74) is 1.27. The Kier molecular flexibility index (Phi) is 9.61. The minimum Gasteiger partial charge on any atom is -0.475 e. The SMILES string of the molecule is Cc1cccc(CN2CC3Cn4c(nn(CC5CCC5)c(=O)c4=O)C3C2)n1.O=C(O)C(F)(F)F.O=C(O)C(F)(F)F. The van der Waals surface area contributed by atoms with Gasteiger partial charge in [-0.25, -0.2) is 14.3 Å². The lowest BCUT2D eigenvalue weighted by Crippen LogP contribution is -2.45. The summed E-state index contributed by atoms with van der Waals surface area (Å²) in [6.45, 7) is 5.82. The van der Waals surface area contributed by atoms with E-state index in [0.29, 0.717) is 24.9 Å². The highest BCUT2D eigenvalue weighted by Crippen LogP contribution is 2.37. The van der Waals surface area contributed by atoms with Crippen molar-refractivity contribution in [3.8, 4) is 0 Å². The van der Waals surface area contributed by atoms with Gasteiger partial charge in [-0.2, -0.15) is 31.4 Å². The molecule has 2 N–H and O–H groups in total. The van der Waals surface area contributed by atoms with E-state index in [4.69, 9.17) is 19.8 Å². The molecule has 2 aliphatic heterocycles. The molecular weight excluding hydrogens is 568 g/mol. The quantitative estimate of drug-likeness (QED) is 0.402. The van der Waals surface area contributed by atoms with Crippen LogP contribution in [0.2, 0.25) is 0 Å². The number of carbonyl (C=O) groups is 2. The molecule has 17 heteroatoms. The second-order valence-corrected chi connectivity index (χ2v) is 9.99. The molecule has 2 atom stereocenters. The van der Waals surface area contributed by atoms with E-state index in [9.17, 15) is 35.9 Å². The zero-order chi connectivity index (χ0) is 30.7. The van der Waals surface area contributed by atoms with Crippen molar-refractivity contribution in [2.75, 3.05) is 13.1 Å². The van der Waals surface area contributed by atoms with Gasteiger partial charge in [-0.15, -0.1) is 0 Å². The molecule has 1 saturated heterocycles. The molecule has 4 heterocycles. The average molecular weight is 595 g/mol. The number of likely N-dealkylation sites (tertiary alicyclic amines) is 1. The molecule has 2 fully saturated rings. The predicted octanol–water partition coefficient (Wildman–Crippen LogP) is 2.40. The number of fused-ring (bicyclic) bond motifs is 3. The highest BCUT2D eigenvalue weighted by Gasteiger charge is 2.43. The van der Waals surface area contributed by atoms with Crippen LogP contribution in [0.4, 0.5) is 26.3 Å². The number of hydrogen-bond donors (Lipinski definition) is 2. The fraction of sp³-hybridized carbons (Fsp3) is 0.583. The van der Waals surface area contributed by atoms with Crippen molar-refractivity contribution in [1.29, 1.82) is 0 Å². The second kappa shape index (κ2) is 12.4. The van der Waals surface area contributed by atoms with Crippen molar-refractivity contribution < 1.29 is 46.1 Å². The molecule has 2 aromatic heterocycles. The number of aliphatic carboxylic acids is 2. The van der Waals surface area contributed by atoms with Crippen LogP contribution in [0.15, 0.2) is 27.8 Å². The van der Waals surface area contributed by atoms with Crippen molar-refractivity contribution in [3.05, 3.63) is 56.1 Å². The zero-order valence-electron chi connectivity index (χ0n) is 21.7. The van der Waals surface area contributed by atoms with Gasteiger partial charge in [-0.05, 0) is 37.8 Å². The van der Waals surface area contributed by atoms with Gasteiger partial charge in [0.1, 0.15) is 5.82 Å². The molecule has 41 heavy (non-hydrogen) atoms. The molecule has 0 spiro atoms. The van der Waals surface area contributed by atoms with Crippen LogP contribution in [0.25, 0.3) is 0 Å². The number of nitrogens with zero attached hydrogens (tertiary/aromatic N) is 5. The zero-order valence-corrected chi connectivity index (χ0v) is 21.7. The van der Waals surface area contributed by atoms with E-state index in [1.807, 2.05) is 19.1 Å². The number of rotatable bonds is 4. The van der Waals surface area contributed by atoms with E-state index in [0.717, 1.165) is 49.7 Å². The molecular formula is C24H27F6N5O6. The topological polar surface area (TPSA) is 148 Å². The summed E-state index contributed by atoms with van der Waals surface area (Å²) in [5.74, 6) is -3.62. The average Bonchev–Trinajstić information content (AvgIpc) is 3.36. The van der Waals surface area contributed by atoms with Crippen LogP contribution in [0.5, 0.6) is 0 Å². The van der Waals surface area contributed by atoms with Crippen LogP contribution in [-0.2, 0) is 29.2 Å². The number of aryl methyl sites for hydroxylation is 1. The summed E-state index contributed by atoms with van der Waals surface area (Å²) < 4.78 is 66.6. The first kappa shape index (κ1) is 31.8. The number of carboxylic acids is 2. The number of carboxylic acid groups (broad SMARTS) is 2. The van der Waals surface area contributed by atoms with Gasteiger partial charge >= 0.3 is 35.4 Å². The minimum atomic E-state index is -5.08. The Morgan fingerprint density at radius 2 is 1.54 bits per heavy atom. The first-order chi connectivity index (χ1) is 19.0. The molecule has 5 rings (SSSR count). The van der Waals surface area contributed by atoms with E-state index in [1.165, 1.54) is 11.1 Å². The molecule has 0 bridgehead atoms. The highest BCUT2D eigenvalue weighted by molar-refractivity contribution is 5.73. The fourth-order valence-electron chi connectivity index (χ4n) is 4.77. The fourth-order valence-corrected chi connectivity index (χ4v) is 4.77. The molecule has 2 unspecified atom stereocenters. The van der Waals surface area contributed by atoms with Crippen molar-refractivity contribution in [1.82, 2.24) is 24.2 Å². The number of pyridine rings is 1. The molecule has 11 nitrogen and oxygen atoms in total. The molecule has 1 saturated carbocycles. The predicted molar refractivity (Wildman–Crippen MR) is 128 cm³/mol. The Balaban J connectivity index is 0.000000276. The van der Waals surface area contributed by atoms with E-state index in [-0.39, 0.29) is 11.5 Å². The van der Waals surface area contributed by atoms with Crippen molar-refractivity contribution >= 4 is 11.9 Å². The lowest BCUT2D eigenvalue weighted by Gasteiger charge is -2.25. The Hall–Kier alpha value is -3.76. The van der Waals surface area contributed by atoms with Gasteiger partial charge in [0.2, 0.25) is 0 Å². The molecule has 0 amide bonds. The normalized spacial score (nSPS) is 20.1. The van der Waals surface area contributed by atoms with E-state index in [1.54, 1.807) is 4.57 Å².